The Morgan fingerprint density at radius 3 is 2.24 bits per heavy atom. The Morgan fingerprint density at radius 1 is 1.24 bits per heavy atom. The summed E-state index contributed by atoms with van der Waals surface area (Å²) in [7, 11) is 4.37. The zero-order valence-corrected chi connectivity index (χ0v) is 12.7. The summed E-state index contributed by atoms with van der Waals surface area (Å²) >= 11 is 0. The first-order valence-corrected chi connectivity index (χ1v) is 7.25. The highest BCUT2D eigenvalue weighted by molar-refractivity contribution is 4.85. The summed E-state index contributed by atoms with van der Waals surface area (Å²) in [6.45, 7) is 9.47. The molecule has 0 aromatic rings. The number of nitrogens with zero attached hydrogens (tertiary/aromatic N) is 1. The Balaban J connectivity index is 2.40. The smallest absolute Gasteiger partial charge is 0.00954 e. The highest BCUT2D eigenvalue weighted by Crippen LogP contribution is 2.37. The molecule has 0 bridgehead atoms. The van der Waals surface area contributed by atoms with Crippen LogP contribution >= 0.6 is 0 Å². The number of hydrogen-bond donors (Lipinski definition) is 1. The molecule has 0 spiro atoms. The molecule has 1 fully saturated rings. The van der Waals surface area contributed by atoms with E-state index in [1.165, 1.54) is 32.1 Å². The SMILES string of the molecule is CNC(C)CC(C)N(C)C1CCC(C)(C)CC1. The van der Waals surface area contributed by atoms with E-state index < -0.39 is 0 Å². The van der Waals surface area contributed by atoms with E-state index in [-0.39, 0.29) is 0 Å². The van der Waals surface area contributed by atoms with Crippen molar-refractivity contribution < 1.29 is 0 Å². The molecule has 2 unspecified atom stereocenters. The van der Waals surface area contributed by atoms with Crippen molar-refractivity contribution in [1.29, 1.82) is 0 Å². The zero-order chi connectivity index (χ0) is 13.1. The minimum absolute atomic E-state index is 0.582. The Kier molecular flexibility index (Phi) is 5.46. The predicted octanol–water partition coefficient (Wildman–Crippen LogP) is 3.27. The normalized spacial score (nSPS) is 24.9. The number of hydrogen-bond acceptors (Lipinski definition) is 2. The molecule has 0 aliphatic heterocycles. The molecule has 1 N–H and O–H groups in total. The minimum Gasteiger partial charge on any atom is -0.317 e. The van der Waals surface area contributed by atoms with Gasteiger partial charge in [-0.05, 0) is 65.5 Å². The second-order valence-corrected chi connectivity index (χ2v) is 6.84. The summed E-state index contributed by atoms with van der Waals surface area (Å²) < 4.78 is 0. The van der Waals surface area contributed by atoms with E-state index in [9.17, 15) is 0 Å². The van der Waals surface area contributed by atoms with Gasteiger partial charge < -0.3 is 10.2 Å². The van der Waals surface area contributed by atoms with Crippen molar-refractivity contribution in [2.24, 2.45) is 5.41 Å². The van der Waals surface area contributed by atoms with Crippen molar-refractivity contribution in [3.05, 3.63) is 0 Å². The fourth-order valence-corrected chi connectivity index (χ4v) is 2.95. The fourth-order valence-electron chi connectivity index (χ4n) is 2.95. The first-order chi connectivity index (χ1) is 7.85. The molecular formula is C15H32N2. The molecule has 17 heavy (non-hydrogen) atoms. The van der Waals surface area contributed by atoms with Crippen LogP contribution in [0.15, 0.2) is 0 Å². The first-order valence-electron chi connectivity index (χ1n) is 7.25. The van der Waals surface area contributed by atoms with E-state index in [0.717, 1.165) is 6.04 Å². The van der Waals surface area contributed by atoms with Gasteiger partial charge in [-0.3, -0.25) is 0 Å². The van der Waals surface area contributed by atoms with E-state index in [4.69, 9.17) is 0 Å². The molecule has 2 heteroatoms. The molecule has 1 aliphatic carbocycles. The third-order valence-electron chi connectivity index (χ3n) is 4.77. The van der Waals surface area contributed by atoms with Crippen molar-refractivity contribution >= 4 is 0 Å². The lowest BCUT2D eigenvalue weighted by Gasteiger charge is -2.41. The van der Waals surface area contributed by atoms with Gasteiger partial charge in [0.2, 0.25) is 0 Å². The summed E-state index contributed by atoms with van der Waals surface area (Å²) in [4.78, 5) is 2.61. The van der Waals surface area contributed by atoms with Gasteiger partial charge in [-0.2, -0.15) is 0 Å². The largest absolute Gasteiger partial charge is 0.317 e. The molecule has 1 rings (SSSR count). The minimum atomic E-state index is 0.582. The summed E-state index contributed by atoms with van der Waals surface area (Å²) in [5.74, 6) is 0. The highest BCUT2D eigenvalue weighted by Gasteiger charge is 2.30. The number of nitrogens with one attached hydrogen (secondary N) is 1. The van der Waals surface area contributed by atoms with Crippen LogP contribution in [0.3, 0.4) is 0 Å². The predicted molar refractivity (Wildman–Crippen MR) is 76.4 cm³/mol. The van der Waals surface area contributed by atoms with Gasteiger partial charge in [-0.15, -0.1) is 0 Å². The van der Waals surface area contributed by atoms with Crippen molar-refractivity contribution in [3.63, 3.8) is 0 Å². The van der Waals surface area contributed by atoms with Gasteiger partial charge in [0, 0.05) is 18.1 Å². The molecule has 2 nitrogen and oxygen atoms in total. The van der Waals surface area contributed by atoms with Gasteiger partial charge in [-0.25, -0.2) is 0 Å². The summed E-state index contributed by atoms with van der Waals surface area (Å²) in [6, 6.07) is 2.11. The van der Waals surface area contributed by atoms with Crippen LogP contribution in [0.2, 0.25) is 0 Å². The fraction of sp³-hybridized carbons (Fsp3) is 1.00. The van der Waals surface area contributed by atoms with Crippen LogP contribution in [-0.4, -0.2) is 37.1 Å². The molecule has 0 amide bonds. The van der Waals surface area contributed by atoms with Crippen molar-refractivity contribution in [3.8, 4) is 0 Å². The van der Waals surface area contributed by atoms with Crippen molar-refractivity contribution in [2.45, 2.75) is 77.9 Å². The Labute approximate surface area is 108 Å². The lowest BCUT2D eigenvalue weighted by atomic mass is 9.75. The molecule has 1 saturated carbocycles. The third-order valence-corrected chi connectivity index (χ3v) is 4.77. The van der Waals surface area contributed by atoms with Crippen molar-refractivity contribution in [2.75, 3.05) is 14.1 Å². The first kappa shape index (κ1) is 15.0. The summed E-state index contributed by atoms with van der Waals surface area (Å²) in [5, 5.41) is 3.34. The molecule has 102 valence electrons. The number of rotatable bonds is 5. The topological polar surface area (TPSA) is 15.3 Å². The van der Waals surface area contributed by atoms with E-state index in [2.05, 4.69) is 52.0 Å². The summed E-state index contributed by atoms with van der Waals surface area (Å²) in [6.07, 6.45) is 6.77. The maximum Gasteiger partial charge on any atom is 0.00954 e. The molecule has 0 aromatic heterocycles. The van der Waals surface area contributed by atoms with Crippen molar-refractivity contribution in [1.82, 2.24) is 10.2 Å². The van der Waals surface area contributed by atoms with Gasteiger partial charge in [0.25, 0.3) is 0 Å². The molecule has 2 atom stereocenters. The molecule has 0 aromatic carbocycles. The quantitative estimate of drug-likeness (QED) is 0.793. The van der Waals surface area contributed by atoms with Crippen LogP contribution in [0.1, 0.15) is 59.8 Å². The Hall–Kier alpha value is -0.0800. The second-order valence-electron chi connectivity index (χ2n) is 6.84. The average Bonchev–Trinajstić information content (AvgIpc) is 2.27. The maximum atomic E-state index is 3.34. The Bertz CT molecular complexity index is 215. The van der Waals surface area contributed by atoms with E-state index >= 15 is 0 Å². The lowest BCUT2D eigenvalue weighted by Crippen LogP contribution is -2.44. The van der Waals surface area contributed by atoms with Gasteiger partial charge in [-0.1, -0.05) is 13.8 Å². The Morgan fingerprint density at radius 2 is 1.76 bits per heavy atom. The average molecular weight is 240 g/mol. The van der Waals surface area contributed by atoms with Crippen LogP contribution < -0.4 is 5.32 Å². The van der Waals surface area contributed by atoms with E-state index in [1.807, 2.05) is 0 Å². The van der Waals surface area contributed by atoms with Gasteiger partial charge in [0.05, 0.1) is 0 Å². The van der Waals surface area contributed by atoms with Gasteiger partial charge in [0.1, 0.15) is 0 Å². The molecular weight excluding hydrogens is 208 g/mol. The molecule has 0 heterocycles. The molecule has 0 saturated heterocycles. The zero-order valence-electron chi connectivity index (χ0n) is 12.7. The van der Waals surface area contributed by atoms with Crippen LogP contribution in [0.5, 0.6) is 0 Å². The third kappa shape index (κ3) is 4.59. The monoisotopic (exact) mass is 240 g/mol. The van der Waals surface area contributed by atoms with E-state index in [0.29, 0.717) is 17.5 Å². The lowest BCUT2D eigenvalue weighted by molar-refractivity contribution is 0.0937. The standard InChI is InChI=1S/C15H32N2/c1-12(16-5)11-13(2)17(6)14-7-9-15(3,4)10-8-14/h12-14,16H,7-11H2,1-6H3. The summed E-state index contributed by atoms with van der Waals surface area (Å²) in [5.41, 5.74) is 0.582. The van der Waals surface area contributed by atoms with Gasteiger partial charge >= 0.3 is 0 Å². The van der Waals surface area contributed by atoms with Crippen LogP contribution in [0, 0.1) is 5.41 Å². The molecule has 0 radical (unpaired) electrons. The van der Waals surface area contributed by atoms with Crippen LogP contribution in [-0.2, 0) is 0 Å². The van der Waals surface area contributed by atoms with Gasteiger partial charge in [0.15, 0.2) is 0 Å². The van der Waals surface area contributed by atoms with Crippen LogP contribution in [0.4, 0.5) is 0 Å². The maximum absolute atomic E-state index is 3.34. The van der Waals surface area contributed by atoms with E-state index in [1.54, 1.807) is 0 Å². The van der Waals surface area contributed by atoms with Crippen LogP contribution in [0.25, 0.3) is 0 Å². The second kappa shape index (κ2) is 6.19. The molecule has 1 aliphatic rings. The highest BCUT2D eigenvalue weighted by atomic mass is 15.2.